The Morgan fingerprint density at radius 1 is 1.44 bits per heavy atom. The summed E-state index contributed by atoms with van der Waals surface area (Å²) < 4.78 is 1.91. The molecule has 4 nitrogen and oxygen atoms in total. The summed E-state index contributed by atoms with van der Waals surface area (Å²) in [7, 11) is 1.91. The number of nitrogens with zero attached hydrogens (tertiary/aromatic N) is 4. The fraction of sp³-hybridized carbons (Fsp3) is 0.636. The summed E-state index contributed by atoms with van der Waals surface area (Å²) in [5, 5.41) is 9.76. The first-order valence-corrected chi connectivity index (χ1v) is 5.85. The van der Waals surface area contributed by atoms with Gasteiger partial charge in [0.1, 0.15) is 11.9 Å². The third-order valence-electron chi connectivity index (χ3n) is 3.21. The molecule has 16 heavy (non-hydrogen) atoms. The van der Waals surface area contributed by atoms with E-state index in [0.29, 0.717) is 5.15 Å². The van der Waals surface area contributed by atoms with Crippen molar-refractivity contribution in [2.75, 3.05) is 13.1 Å². The minimum atomic E-state index is -0.263. The molecule has 0 saturated carbocycles. The number of rotatable bonds is 2. The molecule has 86 valence electrons. The topological polar surface area (TPSA) is 44.9 Å². The van der Waals surface area contributed by atoms with Crippen molar-refractivity contribution in [3.05, 3.63) is 16.7 Å². The summed E-state index contributed by atoms with van der Waals surface area (Å²) >= 11 is 6.09. The molecule has 0 aromatic carbocycles. The van der Waals surface area contributed by atoms with Crippen LogP contribution in [0.5, 0.6) is 0 Å². The first-order valence-electron chi connectivity index (χ1n) is 5.47. The maximum absolute atomic E-state index is 9.31. The molecule has 5 heteroatoms. The maximum Gasteiger partial charge on any atom is 0.153 e. The van der Waals surface area contributed by atoms with Gasteiger partial charge in [-0.05, 0) is 32.9 Å². The van der Waals surface area contributed by atoms with Crippen LogP contribution in [-0.4, -0.2) is 27.5 Å². The molecule has 1 aliphatic heterocycles. The molecule has 0 bridgehead atoms. The van der Waals surface area contributed by atoms with Crippen molar-refractivity contribution in [3.8, 4) is 6.07 Å². The zero-order chi connectivity index (χ0) is 11.7. The molecular weight excluding hydrogens is 224 g/mol. The lowest BCUT2D eigenvalue weighted by Gasteiger charge is -2.21. The van der Waals surface area contributed by atoms with E-state index in [4.69, 9.17) is 11.6 Å². The van der Waals surface area contributed by atoms with E-state index in [1.807, 2.05) is 18.5 Å². The number of halogens is 1. The molecule has 0 amide bonds. The molecule has 1 unspecified atom stereocenters. The standard InChI is InChI=1S/C11H15ClN4/c1-8-14-11(12)10(15(8)2)9(7-13)16-5-3-4-6-16/h9H,3-6H2,1-2H3. The number of hydrogen-bond acceptors (Lipinski definition) is 3. The average molecular weight is 239 g/mol. The molecule has 1 aliphatic rings. The van der Waals surface area contributed by atoms with E-state index in [1.165, 1.54) is 0 Å². The molecule has 1 aromatic heterocycles. The van der Waals surface area contributed by atoms with Crippen LogP contribution in [0.3, 0.4) is 0 Å². The predicted octanol–water partition coefficient (Wildman–Crippen LogP) is 2.04. The average Bonchev–Trinajstić information content (AvgIpc) is 2.84. The van der Waals surface area contributed by atoms with E-state index in [1.54, 1.807) is 0 Å². The fourth-order valence-electron chi connectivity index (χ4n) is 2.20. The number of imidazole rings is 1. The van der Waals surface area contributed by atoms with Gasteiger partial charge in [-0.3, -0.25) is 4.90 Å². The number of likely N-dealkylation sites (tertiary alicyclic amines) is 1. The van der Waals surface area contributed by atoms with Gasteiger partial charge in [0.25, 0.3) is 0 Å². The molecule has 1 atom stereocenters. The zero-order valence-electron chi connectivity index (χ0n) is 9.57. The van der Waals surface area contributed by atoms with E-state index in [-0.39, 0.29) is 6.04 Å². The van der Waals surface area contributed by atoms with Crippen molar-refractivity contribution in [2.24, 2.45) is 7.05 Å². The van der Waals surface area contributed by atoms with Gasteiger partial charge in [-0.25, -0.2) is 4.98 Å². The van der Waals surface area contributed by atoms with Crippen LogP contribution in [0.2, 0.25) is 5.15 Å². The van der Waals surface area contributed by atoms with Crippen molar-refractivity contribution in [2.45, 2.75) is 25.8 Å². The summed E-state index contributed by atoms with van der Waals surface area (Å²) in [4.78, 5) is 6.37. The minimum Gasteiger partial charge on any atom is -0.332 e. The molecule has 1 aromatic rings. The molecular formula is C11H15ClN4. The van der Waals surface area contributed by atoms with Crippen LogP contribution in [0, 0.1) is 18.3 Å². The second kappa shape index (κ2) is 4.44. The van der Waals surface area contributed by atoms with Crippen LogP contribution in [0.1, 0.15) is 30.4 Å². The van der Waals surface area contributed by atoms with Gasteiger partial charge in [-0.1, -0.05) is 11.6 Å². The van der Waals surface area contributed by atoms with E-state index in [0.717, 1.165) is 37.4 Å². The monoisotopic (exact) mass is 238 g/mol. The Bertz CT molecular complexity index is 426. The van der Waals surface area contributed by atoms with Gasteiger partial charge in [-0.15, -0.1) is 0 Å². The van der Waals surface area contributed by atoms with Crippen LogP contribution in [-0.2, 0) is 7.05 Å². The normalized spacial score (nSPS) is 18.6. The van der Waals surface area contributed by atoms with Crippen LogP contribution in [0.25, 0.3) is 0 Å². The maximum atomic E-state index is 9.31. The zero-order valence-corrected chi connectivity index (χ0v) is 10.3. The fourth-order valence-corrected chi connectivity index (χ4v) is 2.55. The van der Waals surface area contributed by atoms with Crippen LogP contribution in [0.4, 0.5) is 0 Å². The Labute approximate surface area is 100 Å². The van der Waals surface area contributed by atoms with Gasteiger partial charge < -0.3 is 4.57 Å². The molecule has 2 heterocycles. The van der Waals surface area contributed by atoms with E-state index >= 15 is 0 Å². The lowest BCUT2D eigenvalue weighted by atomic mass is 10.2. The van der Waals surface area contributed by atoms with Crippen molar-refractivity contribution in [1.29, 1.82) is 5.26 Å². The van der Waals surface area contributed by atoms with Crippen molar-refractivity contribution in [3.63, 3.8) is 0 Å². The van der Waals surface area contributed by atoms with Gasteiger partial charge in [0, 0.05) is 7.05 Å². The lowest BCUT2D eigenvalue weighted by Crippen LogP contribution is -2.26. The van der Waals surface area contributed by atoms with Gasteiger partial charge in [0.15, 0.2) is 5.15 Å². The van der Waals surface area contributed by atoms with E-state index in [2.05, 4.69) is 16.0 Å². The highest BCUT2D eigenvalue weighted by molar-refractivity contribution is 6.30. The highest BCUT2D eigenvalue weighted by Crippen LogP contribution is 2.29. The molecule has 2 rings (SSSR count). The largest absolute Gasteiger partial charge is 0.332 e. The van der Waals surface area contributed by atoms with E-state index in [9.17, 15) is 5.26 Å². The van der Waals surface area contributed by atoms with Gasteiger partial charge in [0.2, 0.25) is 0 Å². The van der Waals surface area contributed by atoms with Crippen LogP contribution < -0.4 is 0 Å². The van der Waals surface area contributed by atoms with Crippen LogP contribution >= 0.6 is 11.6 Å². The molecule has 1 fully saturated rings. The summed E-state index contributed by atoms with van der Waals surface area (Å²) in [5.41, 5.74) is 0.823. The SMILES string of the molecule is Cc1nc(Cl)c(C(C#N)N2CCCC2)n1C. The Balaban J connectivity index is 2.37. The smallest absolute Gasteiger partial charge is 0.153 e. The second-order valence-corrected chi connectivity index (χ2v) is 4.53. The molecule has 0 N–H and O–H groups in total. The van der Waals surface area contributed by atoms with Gasteiger partial charge in [-0.2, -0.15) is 5.26 Å². The summed E-state index contributed by atoms with van der Waals surface area (Å²) in [6, 6.07) is 2.07. The Morgan fingerprint density at radius 3 is 2.50 bits per heavy atom. The van der Waals surface area contributed by atoms with Crippen molar-refractivity contribution >= 4 is 11.6 Å². The third-order valence-corrected chi connectivity index (χ3v) is 3.48. The first kappa shape index (κ1) is 11.4. The third kappa shape index (κ3) is 1.81. The summed E-state index contributed by atoms with van der Waals surface area (Å²) in [5.74, 6) is 0.847. The van der Waals surface area contributed by atoms with Crippen LogP contribution in [0.15, 0.2) is 0 Å². The van der Waals surface area contributed by atoms with Crippen molar-refractivity contribution < 1.29 is 0 Å². The highest BCUT2D eigenvalue weighted by Gasteiger charge is 2.28. The Morgan fingerprint density at radius 2 is 2.06 bits per heavy atom. The number of aryl methyl sites for hydroxylation is 1. The second-order valence-electron chi connectivity index (χ2n) is 4.17. The summed E-state index contributed by atoms with van der Waals surface area (Å²) in [6.07, 6.45) is 2.32. The minimum absolute atomic E-state index is 0.263. The molecule has 0 aliphatic carbocycles. The lowest BCUT2D eigenvalue weighted by molar-refractivity contribution is 0.286. The Hall–Kier alpha value is -1.05. The quantitative estimate of drug-likeness (QED) is 0.792. The number of nitriles is 1. The highest BCUT2D eigenvalue weighted by atomic mass is 35.5. The Kier molecular flexibility index (Phi) is 3.17. The number of hydrogen-bond donors (Lipinski definition) is 0. The van der Waals surface area contributed by atoms with E-state index < -0.39 is 0 Å². The summed E-state index contributed by atoms with van der Waals surface area (Å²) in [6.45, 7) is 3.84. The van der Waals surface area contributed by atoms with Crippen molar-refractivity contribution in [1.82, 2.24) is 14.5 Å². The van der Waals surface area contributed by atoms with Gasteiger partial charge >= 0.3 is 0 Å². The molecule has 0 spiro atoms. The first-order chi connectivity index (χ1) is 7.65. The predicted molar refractivity (Wildman–Crippen MR) is 62.1 cm³/mol. The molecule has 1 saturated heterocycles. The van der Waals surface area contributed by atoms with Gasteiger partial charge in [0.05, 0.1) is 11.8 Å². The number of aromatic nitrogens is 2. The molecule has 0 radical (unpaired) electrons.